The molecule has 1 aliphatic rings. The van der Waals surface area contributed by atoms with Crippen molar-refractivity contribution in [3.63, 3.8) is 0 Å². The Bertz CT molecular complexity index is 752. The van der Waals surface area contributed by atoms with Crippen molar-refractivity contribution in [1.82, 2.24) is 0 Å². The van der Waals surface area contributed by atoms with Crippen LogP contribution in [0.25, 0.3) is 0 Å². The third-order valence-corrected chi connectivity index (χ3v) is 4.66. The van der Waals surface area contributed by atoms with E-state index in [9.17, 15) is 15.0 Å². The van der Waals surface area contributed by atoms with Gasteiger partial charge >= 0.3 is 5.97 Å². The van der Waals surface area contributed by atoms with Crippen LogP contribution in [0.15, 0.2) is 60.7 Å². The van der Waals surface area contributed by atoms with Crippen LogP contribution >= 0.6 is 0 Å². The summed E-state index contributed by atoms with van der Waals surface area (Å²) in [5, 5.41) is 20.2. The van der Waals surface area contributed by atoms with Gasteiger partial charge in [-0.25, -0.2) is 0 Å². The van der Waals surface area contributed by atoms with Crippen molar-refractivity contribution in [2.45, 2.75) is 50.8 Å². The molecular weight excluding hydrogens is 376 g/mol. The highest BCUT2D eigenvalue weighted by Crippen LogP contribution is 2.28. The average Bonchev–Trinajstić information content (AvgIpc) is 2.73. The van der Waals surface area contributed by atoms with Gasteiger partial charge < -0.3 is 29.2 Å². The zero-order valence-electron chi connectivity index (χ0n) is 16.2. The summed E-state index contributed by atoms with van der Waals surface area (Å²) >= 11 is 0. The van der Waals surface area contributed by atoms with E-state index in [0.717, 1.165) is 11.1 Å². The second-order valence-corrected chi connectivity index (χ2v) is 6.84. The Morgan fingerprint density at radius 2 is 1.41 bits per heavy atom. The van der Waals surface area contributed by atoms with E-state index >= 15 is 0 Å². The minimum atomic E-state index is -1.34. The van der Waals surface area contributed by atoms with Crippen LogP contribution in [0.4, 0.5) is 0 Å². The first-order chi connectivity index (χ1) is 14.1. The second-order valence-electron chi connectivity index (χ2n) is 6.84. The van der Waals surface area contributed by atoms with Crippen LogP contribution < -0.4 is 0 Å². The number of esters is 1. The lowest BCUT2D eigenvalue weighted by molar-refractivity contribution is -0.309. The molecule has 0 saturated carbocycles. The number of hydrogen-bond donors (Lipinski definition) is 2. The molecule has 2 aromatic carbocycles. The summed E-state index contributed by atoms with van der Waals surface area (Å²) in [7, 11) is 0. The smallest absolute Gasteiger partial charge is 0.303 e. The van der Waals surface area contributed by atoms with Gasteiger partial charge in [0.25, 0.3) is 0 Å². The summed E-state index contributed by atoms with van der Waals surface area (Å²) in [5.41, 5.74) is 1.83. The Morgan fingerprint density at radius 3 is 1.90 bits per heavy atom. The molecule has 0 amide bonds. The van der Waals surface area contributed by atoms with Crippen LogP contribution in [0, 0.1) is 0 Å². The summed E-state index contributed by atoms with van der Waals surface area (Å²) in [5.74, 6) is -0.538. The summed E-state index contributed by atoms with van der Waals surface area (Å²) in [6.07, 6.45) is -4.94. The molecule has 1 fully saturated rings. The number of ether oxygens (including phenoxy) is 4. The topological polar surface area (TPSA) is 94.5 Å². The van der Waals surface area contributed by atoms with Crippen LogP contribution in [-0.2, 0) is 37.0 Å². The molecule has 1 heterocycles. The van der Waals surface area contributed by atoms with Crippen LogP contribution in [-0.4, -0.2) is 53.5 Å². The van der Waals surface area contributed by atoms with Crippen molar-refractivity contribution in [3.8, 4) is 0 Å². The maximum Gasteiger partial charge on any atom is 0.303 e. The fourth-order valence-corrected chi connectivity index (χ4v) is 3.28. The van der Waals surface area contributed by atoms with Crippen molar-refractivity contribution >= 4 is 5.97 Å². The van der Waals surface area contributed by atoms with E-state index in [1.165, 1.54) is 6.92 Å². The molecule has 2 aromatic rings. The number of aliphatic hydroxyl groups is 2. The molecule has 29 heavy (non-hydrogen) atoms. The maximum absolute atomic E-state index is 11.6. The van der Waals surface area contributed by atoms with E-state index < -0.39 is 43.3 Å². The quantitative estimate of drug-likeness (QED) is 0.650. The van der Waals surface area contributed by atoms with Crippen LogP contribution in [0.2, 0.25) is 0 Å². The van der Waals surface area contributed by atoms with Crippen molar-refractivity contribution in [1.29, 1.82) is 0 Å². The molecule has 5 atom stereocenters. The Balaban J connectivity index is 1.79. The summed E-state index contributed by atoms with van der Waals surface area (Å²) in [4.78, 5) is 11.6. The molecule has 7 heteroatoms. The highest BCUT2D eigenvalue weighted by Gasteiger charge is 2.48. The summed E-state index contributed by atoms with van der Waals surface area (Å²) < 4.78 is 22.8. The van der Waals surface area contributed by atoms with E-state index in [1.54, 1.807) is 0 Å². The predicted octanol–water partition coefficient (Wildman–Crippen LogP) is 1.80. The van der Waals surface area contributed by atoms with E-state index in [2.05, 4.69) is 0 Å². The standard InChI is InChI=1S/C22H26O7/c1-15(24)28-19-18(12-23)29-22(25)21(27-14-17-10-6-3-7-11-17)20(19)26-13-16-8-4-2-5-9-16/h2-11,18-23,25H,12-14H2,1H3/t18-,19-,20+,21-,22?/m1/s1. The SMILES string of the molecule is CC(=O)O[C@H]1[C@H](OCc2ccccc2)[C@@H](OCc2ccccc2)C(O)O[C@@H]1CO. The molecule has 0 radical (unpaired) electrons. The number of rotatable bonds is 8. The monoisotopic (exact) mass is 402 g/mol. The molecular formula is C22H26O7. The number of hydrogen-bond acceptors (Lipinski definition) is 7. The number of aliphatic hydroxyl groups excluding tert-OH is 2. The minimum Gasteiger partial charge on any atom is -0.457 e. The van der Waals surface area contributed by atoms with Gasteiger partial charge in [0.1, 0.15) is 18.3 Å². The summed E-state index contributed by atoms with van der Waals surface area (Å²) in [6, 6.07) is 19.0. The predicted molar refractivity (Wildman–Crippen MR) is 104 cm³/mol. The lowest BCUT2D eigenvalue weighted by Crippen LogP contribution is -2.61. The van der Waals surface area contributed by atoms with Gasteiger partial charge in [-0.3, -0.25) is 4.79 Å². The summed E-state index contributed by atoms with van der Waals surface area (Å²) in [6.45, 7) is 1.27. The first kappa shape index (κ1) is 21.4. The molecule has 1 saturated heterocycles. The van der Waals surface area contributed by atoms with Crippen molar-refractivity contribution in [3.05, 3.63) is 71.8 Å². The number of carbonyl (C=O) groups excluding carboxylic acids is 1. The molecule has 0 aromatic heterocycles. The molecule has 2 N–H and O–H groups in total. The first-order valence-corrected chi connectivity index (χ1v) is 9.51. The van der Waals surface area contributed by atoms with Crippen LogP contribution in [0.5, 0.6) is 0 Å². The largest absolute Gasteiger partial charge is 0.457 e. The highest BCUT2D eigenvalue weighted by atomic mass is 16.7. The van der Waals surface area contributed by atoms with E-state index in [1.807, 2.05) is 60.7 Å². The van der Waals surface area contributed by atoms with Gasteiger partial charge in [-0.15, -0.1) is 0 Å². The van der Waals surface area contributed by atoms with Gasteiger partial charge in [0.15, 0.2) is 12.4 Å². The molecule has 7 nitrogen and oxygen atoms in total. The first-order valence-electron chi connectivity index (χ1n) is 9.51. The van der Waals surface area contributed by atoms with Gasteiger partial charge in [-0.2, -0.15) is 0 Å². The van der Waals surface area contributed by atoms with Crippen molar-refractivity contribution < 1.29 is 34.0 Å². The lowest BCUT2D eigenvalue weighted by Gasteiger charge is -2.43. The van der Waals surface area contributed by atoms with Gasteiger partial charge in [0.2, 0.25) is 0 Å². The lowest BCUT2D eigenvalue weighted by atomic mass is 9.98. The van der Waals surface area contributed by atoms with Gasteiger partial charge in [0.05, 0.1) is 19.8 Å². The van der Waals surface area contributed by atoms with Gasteiger partial charge in [0, 0.05) is 6.92 Å². The van der Waals surface area contributed by atoms with Gasteiger partial charge in [-0.05, 0) is 11.1 Å². The second kappa shape index (κ2) is 10.5. The zero-order valence-corrected chi connectivity index (χ0v) is 16.2. The Morgan fingerprint density at radius 1 is 0.897 bits per heavy atom. The normalized spacial score (nSPS) is 26.8. The highest BCUT2D eigenvalue weighted by molar-refractivity contribution is 5.66. The van der Waals surface area contributed by atoms with E-state index in [4.69, 9.17) is 18.9 Å². The third kappa shape index (κ3) is 5.85. The minimum absolute atomic E-state index is 0.216. The number of benzene rings is 2. The average molecular weight is 402 g/mol. The van der Waals surface area contributed by atoms with Crippen LogP contribution in [0.3, 0.4) is 0 Å². The Kier molecular flexibility index (Phi) is 7.74. The molecule has 1 unspecified atom stereocenters. The maximum atomic E-state index is 11.6. The third-order valence-electron chi connectivity index (χ3n) is 4.66. The fraction of sp³-hybridized carbons (Fsp3) is 0.409. The van der Waals surface area contributed by atoms with Gasteiger partial charge in [-0.1, -0.05) is 60.7 Å². The van der Waals surface area contributed by atoms with E-state index in [0.29, 0.717) is 0 Å². The Hall–Kier alpha value is -2.29. The molecule has 156 valence electrons. The van der Waals surface area contributed by atoms with Crippen molar-refractivity contribution in [2.24, 2.45) is 0 Å². The molecule has 0 bridgehead atoms. The molecule has 1 aliphatic heterocycles. The zero-order chi connectivity index (χ0) is 20.6. The molecule has 0 spiro atoms. The van der Waals surface area contributed by atoms with Crippen LogP contribution in [0.1, 0.15) is 18.1 Å². The van der Waals surface area contributed by atoms with E-state index in [-0.39, 0.29) is 13.2 Å². The molecule has 3 rings (SSSR count). The number of carbonyl (C=O) groups is 1. The van der Waals surface area contributed by atoms with Crippen molar-refractivity contribution in [2.75, 3.05) is 6.61 Å². The fourth-order valence-electron chi connectivity index (χ4n) is 3.28. The molecule has 0 aliphatic carbocycles. The Labute approximate surface area is 169 Å².